The Kier molecular flexibility index (Phi) is 5.04. The van der Waals surface area contributed by atoms with Gasteiger partial charge in [0.25, 0.3) is 11.6 Å². The largest absolute Gasteiger partial charge is 0.440 e. The van der Waals surface area contributed by atoms with E-state index in [0.717, 1.165) is 23.7 Å². The van der Waals surface area contributed by atoms with Crippen LogP contribution in [0.1, 0.15) is 15.4 Å². The monoisotopic (exact) mass is 400 g/mol. The standard InChI is InChI=1S/C18H16N4O5S/c23-18(16-10-12-9-13(22(24)25)1-3-15(12)28-16)20-19-11-14-2-4-17(27-14)21-5-7-26-8-6-21/h1-4,9-11H,5-8H2,(H,20,23). The first-order valence-electron chi connectivity index (χ1n) is 8.54. The third-order valence-electron chi connectivity index (χ3n) is 4.23. The van der Waals surface area contributed by atoms with Crippen molar-refractivity contribution in [1.29, 1.82) is 0 Å². The summed E-state index contributed by atoms with van der Waals surface area (Å²) in [4.78, 5) is 25.2. The number of hydrogen-bond acceptors (Lipinski definition) is 8. The van der Waals surface area contributed by atoms with Crippen LogP contribution in [0.5, 0.6) is 0 Å². The number of amides is 1. The number of nitro benzene ring substituents is 1. The predicted octanol–water partition coefficient (Wildman–Crippen LogP) is 3.00. The second-order valence-electron chi connectivity index (χ2n) is 6.06. The number of nitro groups is 1. The summed E-state index contributed by atoms with van der Waals surface area (Å²) in [7, 11) is 0. The van der Waals surface area contributed by atoms with Crippen LogP contribution in [-0.2, 0) is 4.74 Å². The highest BCUT2D eigenvalue weighted by atomic mass is 32.1. The lowest BCUT2D eigenvalue weighted by Gasteiger charge is -2.26. The SMILES string of the molecule is O=C(NN=Cc1ccc(N2CCOCC2)o1)c1cc2cc([N+](=O)[O-])ccc2s1. The molecule has 0 radical (unpaired) electrons. The molecule has 3 aromatic rings. The van der Waals surface area contributed by atoms with E-state index in [1.54, 1.807) is 18.2 Å². The molecule has 1 amide bonds. The van der Waals surface area contributed by atoms with Crippen LogP contribution in [0.4, 0.5) is 11.6 Å². The first-order valence-corrected chi connectivity index (χ1v) is 9.36. The molecule has 1 aromatic carbocycles. The van der Waals surface area contributed by atoms with E-state index in [1.807, 2.05) is 6.07 Å². The number of benzene rings is 1. The highest BCUT2D eigenvalue weighted by molar-refractivity contribution is 7.20. The Morgan fingerprint density at radius 2 is 2.07 bits per heavy atom. The minimum Gasteiger partial charge on any atom is -0.440 e. The van der Waals surface area contributed by atoms with Gasteiger partial charge in [-0.05, 0) is 18.2 Å². The van der Waals surface area contributed by atoms with Gasteiger partial charge in [0.2, 0.25) is 0 Å². The topological polar surface area (TPSA) is 110 Å². The molecule has 2 aromatic heterocycles. The number of non-ortho nitro benzene ring substituents is 1. The number of thiophene rings is 1. The summed E-state index contributed by atoms with van der Waals surface area (Å²) < 4.78 is 11.8. The fraction of sp³-hybridized carbons (Fsp3) is 0.222. The Bertz CT molecular complexity index is 1050. The zero-order chi connectivity index (χ0) is 19.5. The number of hydrazone groups is 1. The van der Waals surface area contributed by atoms with Gasteiger partial charge in [0.15, 0.2) is 5.88 Å². The third kappa shape index (κ3) is 3.87. The molecule has 0 bridgehead atoms. The first kappa shape index (κ1) is 18.1. The lowest BCUT2D eigenvalue weighted by molar-refractivity contribution is -0.384. The average molecular weight is 400 g/mol. The van der Waals surface area contributed by atoms with Crippen LogP contribution in [-0.4, -0.2) is 43.3 Å². The van der Waals surface area contributed by atoms with Crippen LogP contribution in [0.15, 0.2) is 45.9 Å². The van der Waals surface area contributed by atoms with Gasteiger partial charge in [-0.15, -0.1) is 11.3 Å². The van der Waals surface area contributed by atoms with Gasteiger partial charge in [-0.25, -0.2) is 5.43 Å². The maximum Gasteiger partial charge on any atom is 0.281 e. The van der Waals surface area contributed by atoms with E-state index in [-0.39, 0.29) is 11.6 Å². The van der Waals surface area contributed by atoms with Crippen molar-refractivity contribution in [3.05, 3.63) is 57.1 Å². The molecule has 0 spiro atoms. The summed E-state index contributed by atoms with van der Waals surface area (Å²) >= 11 is 1.24. The number of carbonyl (C=O) groups is 1. The Morgan fingerprint density at radius 3 is 2.86 bits per heavy atom. The molecule has 9 nitrogen and oxygen atoms in total. The fourth-order valence-electron chi connectivity index (χ4n) is 2.83. The smallest absolute Gasteiger partial charge is 0.281 e. The summed E-state index contributed by atoms with van der Waals surface area (Å²) in [6.07, 6.45) is 1.43. The lowest BCUT2D eigenvalue weighted by atomic mass is 10.2. The second kappa shape index (κ2) is 7.79. The third-order valence-corrected chi connectivity index (χ3v) is 5.34. The van der Waals surface area contributed by atoms with E-state index in [0.29, 0.717) is 29.2 Å². The van der Waals surface area contributed by atoms with Gasteiger partial charge in [-0.2, -0.15) is 5.10 Å². The Morgan fingerprint density at radius 1 is 1.25 bits per heavy atom. The number of morpholine rings is 1. The summed E-state index contributed by atoms with van der Waals surface area (Å²) in [5.74, 6) is 0.871. The molecule has 1 fully saturated rings. The number of carbonyl (C=O) groups excluding carboxylic acids is 1. The van der Waals surface area contributed by atoms with Gasteiger partial charge in [0.05, 0.1) is 29.2 Å². The Balaban J connectivity index is 1.40. The van der Waals surface area contributed by atoms with Gasteiger partial charge in [0.1, 0.15) is 5.76 Å². The van der Waals surface area contributed by atoms with E-state index in [1.165, 1.54) is 29.7 Å². The summed E-state index contributed by atoms with van der Waals surface area (Å²) in [5.41, 5.74) is 2.44. The van der Waals surface area contributed by atoms with Gasteiger partial charge in [0, 0.05) is 41.4 Å². The van der Waals surface area contributed by atoms with Crippen LogP contribution in [0.25, 0.3) is 10.1 Å². The predicted molar refractivity (Wildman–Crippen MR) is 105 cm³/mol. The molecule has 0 unspecified atom stereocenters. The van der Waals surface area contributed by atoms with Crippen molar-refractivity contribution in [2.75, 3.05) is 31.2 Å². The number of nitrogens with one attached hydrogen (secondary N) is 1. The average Bonchev–Trinajstić information content (AvgIpc) is 3.35. The van der Waals surface area contributed by atoms with Gasteiger partial charge in [-0.1, -0.05) is 0 Å². The van der Waals surface area contributed by atoms with E-state index in [9.17, 15) is 14.9 Å². The van der Waals surface area contributed by atoms with Crippen LogP contribution < -0.4 is 10.3 Å². The first-order chi connectivity index (χ1) is 13.6. The highest BCUT2D eigenvalue weighted by Gasteiger charge is 2.15. The van der Waals surface area contributed by atoms with Crippen molar-refractivity contribution in [2.24, 2.45) is 5.10 Å². The molecule has 144 valence electrons. The Hall–Kier alpha value is -3.24. The molecule has 10 heteroatoms. The van der Waals surface area contributed by atoms with Crippen LogP contribution >= 0.6 is 11.3 Å². The minimum absolute atomic E-state index is 0.0100. The molecule has 28 heavy (non-hydrogen) atoms. The number of rotatable bonds is 5. The molecule has 3 heterocycles. The van der Waals surface area contributed by atoms with Gasteiger partial charge < -0.3 is 14.1 Å². The molecule has 0 atom stereocenters. The normalized spacial score (nSPS) is 14.6. The zero-order valence-electron chi connectivity index (χ0n) is 14.7. The molecule has 1 aliphatic rings. The summed E-state index contributed by atoms with van der Waals surface area (Å²) in [6.45, 7) is 2.87. The van der Waals surface area contributed by atoms with Gasteiger partial charge in [-0.3, -0.25) is 14.9 Å². The van der Waals surface area contributed by atoms with E-state index in [4.69, 9.17) is 9.15 Å². The number of ether oxygens (including phenoxy) is 1. The zero-order valence-corrected chi connectivity index (χ0v) is 15.5. The van der Waals surface area contributed by atoms with E-state index < -0.39 is 4.92 Å². The number of fused-ring (bicyclic) bond motifs is 1. The maximum absolute atomic E-state index is 12.3. The van der Waals surface area contributed by atoms with Crippen molar-refractivity contribution in [1.82, 2.24) is 5.43 Å². The van der Waals surface area contributed by atoms with E-state index in [2.05, 4.69) is 15.4 Å². The maximum atomic E-state index is 12.3. The van der Waals surface area contributed by atoms with Crippen molar-refractivity contribution >= 4 is 45.1 Å². The van der Waals surface area contributed by atoms with Crippen LogP contribution in [0, 0.1) is 10.1 Å². The van der Waals surface area contributed by atoms with Crippen molar-refractivity contribution < 1.29 is 18.9 Å². The van der Waals surface area contributed by atoms with Crippen LogP contribution in [0.2, 0.25) is 0 Å². The second-order valence-corrected chi connectivity index (χ2v) is 7.15. The van der Waals surface area contributed by atoms with E-state index >= 15 is 0 Å². The van der Waals surface area contributed by atoms with Crippen molar-refractivity contribution in [3.8, 4) is 0 Å². The molecule has 4 rings (SSSR count). The highest BCUT2D eigenvalue weighted by Crippen LogP contribution is 2.28. The number of anilines is 1. The molecule has 0 saturated carbocycles. The molecule has 1 aliphatic heterocycles. The van der Waals surface area contributed by atoms with Crippen molar-refractivity contribution in [3.63, 3.8) is 0 Å². The Labute approximate surface area is 163 Å². The molecule has 0 aliphatic carbocycles. The lowest BCUT2D eigenvalue weighted by Crippen LogP contribution is -2.35. The van der Waals surface area contributed by atoms with Crippen LogP contribution in [0.3, 0.4) is 0 Å². The number of furan rings is 1. The summed E-state index contributed by atoms with van der Waals surface area (Å²) in [6, 6.07) is 9.74. The molecule has 1 N–H and O–H groups in total. The minimum atomic E-state index is -0.463. The summed E-state index contributed by atoms with van der Waals surface area (Å²) in [5, 5.41) is 15.4. The molecular formula is C18H16N4O5S. The fourth-order valence-corrected chi connectivity index (χ4v) is 3.76. The molecule has 1 saturated heterocycles. The number of hydrogen-bond donors (Lipinski definition) is 1. The van der Waals surface area contributed by atoms with Crippen molar-refractivity contribution in [2.45, 2.75) is 0 Å². The number of nitrogens with zero attached hydrogens (tertiary/aromatic N) is 3. The molecular weight excluding hydrogens is 384 g/mol. The van der Waals surface area contributed by atoms with Gasteiger partial charge >= 0.3 is 0 Å². The quantitative estimate of drug-likeness (QED) is 0.400.